The van der Waals surface area contributed by atoms with Gasteiger partial charge in [0.25, 0.3) is 0 Å². The lowest BCUT2D eigenvalue weighted by molar-refractivity contribution is 0.342. The molecule has 2 heterocycles. The van der Waals surface area contributed by atoms with Gasteiger partial charge in [-0.05, 0) is 37.5 Å². The van der Waals surface area contributed by atoms with Gasteiger partial charge in [0.1, 0.15) is 28.0 Å². The first-order valence-electron chi connectivity index (χ1n) is 7.86. The van der Waals surface area contributed by atoms with Gasteiger partial charge in [-0.1, -0.05) is 12.1 Å². The lowest BCUT2D eigenvalue weighted by Crippen LogP contribution is -2.31. The van der Waals surface area contributed by atoms with Crippen LogP contribution in [0.4, 0.5) is 8.78 Å². The summed E-state index contributed by atoms with van der Waals surface area (Å²) in [5, 5.41) is 3.97. The summed E-state index contributed by atoms with van der Waals surface area (Å²) in [6.45, 7) is 2.24. The van der Waals surface area contributed by atoms with Crippen molar-refractivity contribution in [3.8, 4) is 0 Å². The first-order chi connectivity index (χ1) is 11.4. The van der Waals surface area contributed by atoms with E-state index in [9.17, 15) is 17.2 Å². The van der Waals surface area contributed by atoms with E-state index < -0.39 is 32.6 Å². The zero-order valence-corrected chi connectivity index (χ0v) is 14.0. The molecule has 0 N–H and O–H groups in total. The lowest BCUT2D eigenvalue weighted by atomic mass is 10.1. The van der Waals surface area contributed by atoms with Crippen LogP contribution in [0, 0.1) is 11.6 Å². The zero-order chi connectivity index (χ0) is 17.3. The molecule has 5 nitrogen and oxygen atoms in total. The fourth-order valence-corrected chi connectivity index (χ4v) is 4.72. The number of aryl methyl sites for hydroxylation is 1. The number of nitrogens with zero attached hydrogens (tertiary/aromatic N) is 2. The van der Waals surface area contributed by atoms with E-state index >= 15 is 0 Å². The molecule has 0 radical (unpaired) electrons. The van der Waals surface area contributed by atoms with E-state index in [2.05, 4.69) is 5.16 Å². The summed E-state index contributed by atoms with van der Waals surface area (Å²) in [6.07, 6.45) is 2.78. The average Bonchev–Trinajstić information content (AvgIpc) is 3.18. The van der Waals surface area contributed by atoms with Crippen molar-refractivity contribution in [1.29, 1.82) is 0 Å². The summed E-state index contributed by atoms with van der Waals surface area (Å²) in [5.74, 6) is -1.07. The maximum Gasteiger partial charge on any atom is 0.246 e. The van der Waals surface area contributed by atoms with Crippen LogP contribution in [0.15, 0.2) is 33.7 Å². The second kappa shape index (κ2) is 6.60. The Bertz CT molecular complexity index is 836. The van der Waals surface area contributed by atoms with Gasteiger partial charge in [0.2, 0.25) is 10.0 Å². The highest BCUT2D eigenvalue weighted by molar-refractivity contribution is 7.89. The largest absolute Gasteiger partial charge is 0.361 e. The second-order valence-electron chi connectivity index (χ2n) is 5.82. The summed E-state index contributed by atoms with van der Waals surface area (Å²) in [5.41, 5.74) is 0.510. The van der Waals surface area contributed by atoms with Crippen LogP contribution in [0.1, 0.15) is 43.7 Å². The number of halogens is 2. The number of hydrogen-bond donors (Lipinski definition) is 0. The van der Waals surface area contributed by atoms with E-state index in [0.717, 1.165) is 18.6 Å². The molecule has 1 aliphatic rings. The molecular weight excluding hydrogens is 338 g/mol. The Labute approximate surface area is 139 Å². The molecule has 1 aromatic carbocycles. The molecule has 1 saturated heterocycles. The van der Waals surface area contributed by atoms with E-state index in [0.29, 0.717) is 36.8 Å². The second-order valence-corrected chi connectivity index (χ2v) is 7.68. The number of hydrogen-bond acceptors (Lipinski definition) is 4. The lowest BCUT2D eigenvalue weighted by Gasteiger charge is -2.22. The van der Waals surface area contributed by atoms with Gasteiger partial charge < -0.3 is 4.52 Å². The van der Waals surface area contributed by atoms with Gasteiger partial charge >= 0.3 is 0 Å². The minimum atomic E-state index is -4.16. The number of aromatic nitrogens is 1. The average molecular weight is 356 g/mol. The number of benzene rings is 1. The van der Waals surface area contributed by atoms with Crippen LogP contribution in [0.3, 0.4) is 0 Å². The topological polar surface area (TPSA) is 63.4 Å². The highest BCUT2D eigenvalue weighted by atomic mass is 32.2. The fraction of sp³-hybridized carbons (Fsp3) is 0.438. The fourth-order valence-electron chi connectivity index (χ4n) is 2.97. The molecule has 0 aliphatic carbocycles. The molecule has 2 aromatic rings. The van der Waals surface area contributed by atoms with Crippen molar-refractivity contribution in [2.75, 3.05) is 6.54 Å². The minimum Gasteiger partial charge on any atom is -0.361 e. The Morgan fingerprint density at radius 3 is 2.88 bits per heavy atom. The Morgan fingerprint density at radius 1 is 1.33 bits per heavy atom. The molecule has 3 rings (SSSR count). The quantitative estimate of drug-likeness (QED) is 0.823. The maximum absolute atomic E-state index is 13.9. The van der Waals surface area contributed by atoms with E-state index in [4.69, 9.17) is 4.52 Å². The summed E-state index contributed by atoms with van der Waals surface area (Å²) in [7, 11) is -4.16. The van der Waals surface area contributed by atoms with E-state index in [1.165, 1.54) is 4.31 Å². The molecule has 0 saturated carbocycles. The minimum absolute atomic E-state index is 0.235. The molecule has 1 aromatic heterocycles. The molecule has 1 aliphatic heterocycles. The maximum atomic E-state index is 13.9. The van der Waals surface area contributed by atoms with Gasteiger partial charge in [-0.25, -0.2) is 17.2 Å². The van der Waals surface area contributed by atoms with Gasteiger partial charge in [0.05, 0.1) is 6.04 Å². The summed E-state index contributed by atoms with van der Waals surface area (Å²) < 4.78 is 59.3. The summed E-state index contributed by atoms with van der Waals surface area (Å²) in [6, 6.07) is 3.65. The monoisotopic (exact) mass is 356 g/mol. The van der Waals surface area contributed by atoms with Crippen molar-refractivity contribution in [3.63, 3.8) is 0 Å². The number of sulfonamides is 1. The predicted octanol–water partition coefficient (Wildman–Crippen LogP) is 3.43. The van der Waals surface area contributed by atoms with Crippen LogP contribution in [-0.2, 0) is 16.4 Å². The Morgan fingerprint density at radius 2 is 2.12 bits per heavy atom. The first kappa shape index (κ1) is 17.0. The third-order valence-corrected chi connectivity index (χ3v) is 6.02. The molecule has 0 amide bonds. The van der Waals surface area contributed by atoms with Crippen molar-refractivity contribution >= 4 is 10.0 Å². The highest BCUT2D eigenvalue weighted by Gasteiger charge is 2.39. The highest BCUT2D eigenvalue weighted by Crippen LogP contribution is 2.37. The SMILES string of the molecule is CCCc1cc([C@@H]2CCCN2S(=O)(=O)c2cc(F)ccc2F)no1. The van der Waals surface area contributed by atoms with E-state index in [1.807, 2.05) is 6.92 Å². The van der Waals surface area contributed by atoms with Crippen molar-refractivity contribution in [3.05, 3.63) is 47.4 Å². The third kappa shape index (κ3) is 3.08. The van der Waals surface area contributed by atoms with Gasteiger partial charge in [0.15, 0.2) is 0 Å². The van der Waals surface area contributed by atoms with Gasteiger partial charge in [-0.2, -0.15) is 4.31 Å². The zero-order valence-electron chi connectivity index (χ0n) is 13.2. The molecule has 0 spiro atoms. The standard InChI is InChI=1S/C16H18F2N2O3S/c1-2-4-12-10-14(19-23-12)15-5-3-8-20(15)24(21,22)16-9-11(17)6-7-13(16)18/h6-7,9-10,15H,2-5,8H2,1H3/t15-/m0/s1. The van der Waals surface area contributed by atoms with Gasteiger partial charge in [-0.3, -0.25) is 0 Å². The summed E-state index contributed by atoms with van der Waals surface area (Å²) >= 11 is 0. The Kier molecular flexibility index (Phi) is 4.69. The van der Waals surface area contributed by atoms with Gasteiger partial charge in [-0.15, -0.1) is 0 Å². The van der Waals surface area contributed by atoms with E-state index in [1.54, 1.807) is 6.07 Å². The number of rotatable bonds is 5. The molecule has 8 heteroatoms. The van der Waals surface area contributed by atoms with Gasteiger partial charge in [0, 0.05) is 19.0 Å². The Hall–Kier alpha value is -1.80. The first-order valence-corrected chi connectivity index (χ1v) is 9.30. The molecule has 0 bridgehead atoms. The van der Waals surface area contributed by atoms with Crippen molar-refractivity contribution in [2.24, 2.45) is 0 Å². The molecular formula is C16H18F2N2O3S. The Balaban J connectivity index is 1.95. The van der Waals surface area contributed by atoms with Crippen LogP contribution in [0.5, 0.6) is 0 Å². The normalized spacial score (nSPS) is 19.0. The van der Waals surface area contributed by atoms with Crippen LogP contribution in [0.25, 0.3) is 0 Å². The molecule has 1 atom stereocenters. The third-order valence-electron chi connectivity index (χ3n) is 4.10. The molecule has 1 fully saturated rings. The van der Waals surface area contributed by atoms with Crippen LogP contribution in [-0.4, -0.2) is 24.4 Å². The van der Waals surface area contributed by atoms with Crippen molar-refractivity contribution < 1.29 is 21.7 Å². The van der Waals surface area contributed by atoms with Crippen LogP contribution < -0.4 is 0 Å². The van der Waals surface area contributed by atoms with Crippen molar-refractivity contribution in [2.45, 2.75) is 43.5 Å². The van der Waals surface area contributed by atoms with Crippen LogP contribution >= 0.6 is 0 Å². The smallest absolute Gasteiger partial charge is 0.246 e. The van der Waals surface area contributed by atoms with Crippen LogP contribution in [0.2, 0.25) is 0 Å². The molecule has 24 heavy (non-hydrogen) atoms. The molecule has 0 unspecified atom stereocenters. The predicted molar refractivity (Wildman–Crippen MR) is 82.7 cm³/mol. The molecule has 130 valence electrons. The van der Waals surface area contributed by atoms with Crippen molar-refractivity contribution in [1.82, 2.24) is 9.46 Å². The van der Waals surface area contributed by atoms with E-state index in [-0.39, 0.29) is 6.54 Å². The summed E-state index contributed by atoms with van der Waals surface area (Å²) in [4.78, 5) is -0.647.